The number of hydrogen-bond donors (Lipinski definition) is 1. The summed E-state index contributed by atoms with van der Waals surface area (Å²) < 4.78 is 20.4. The van der Waals surface area contributed by atoms with Gasteiger partial charge in [-0.05, 0) is 48.9 Å². The lowest BCUT2D eigenvalue weighted by Gasteiger charge is -2.21. The molecule has 0 fully saturated rings. The van der Waals surface area contributed by atoms with Gasteiger partial charge in [0, 0.05) is 6.54 Å². The third-order valence-corrected chi connectivity index (χ3v) is 3.81. The number of carboxylic acids is 1. The highest BCUT2D eigenvalue weighted by molar-refractivity contribution is 5.79. The molecule has 0 saturated heterocycles. The van der Waals surface area contributed by atoms with Crippen molar-refractivity contribution in [3.63, 3.8) is 0 Å². The second kappa shape index (κ2) is 11.3. The van der Waals surface area contributed by atoms with E-state index in [0.29, 0.717) is 22.8 Å². The molecule has 0 saturated carbocycles. The highest BCUT2D eigenvalue weighted by atomic mass is 16.6. The highest BCUT2D eigenvalue weighted by Gasteiger charge is 2.21. The van der Waals surface area contributed by atoms with Crippen molar-refractivity contribution in [3.8, 4) is 17.2 Å². The first-order valence-corrected chi connectivity index (χ1v) is 9.11. The fraction of sp³-hybridized carbons (Fsp3) is 0.286. The van der Waals surface area contributed by atoms with Crippen LogP contribution in [0, 0.1) is 0 Å². The molecule has 0 bridgehead atoms. The molecule has 2 aromatic rings. The van der Waals surface area contributed by atoms with Crippen molar-refractivity contribution in [1.82, 2.24) is 4.90 Å². The van der Waals surface area contributed by atoms with Crippen LogP contribution in [0.3, 0.4) is 0 Å². The number of hydrogen-bond acceptors (Lipinski definition) is 7. The van der Waals surface area contributed by atoms with Gasteiger partial charge in [-0.15, -0.1) is 0 Å². The van der Waals surface area contributed by atoms with E-state index in [0.717, 1.165) is 0 Å². The summed E-state index contributed by atoms with van der Waals surface area (Å²) in [5, 5.41) is 8.65. The van der Waals surface area contributed by atoms with Crippen molar-refractivity contribution in [2.24, 2.45) is 0 Å². The van der Waals surface area contributed by atoms with Crippen LogP contribution < -0.4 is 14.2 Å². The molecule has 0 atom stereocenters. The van der Waals surface area contributed by atoms with E-state index in [1.807, 2.05) is 0 Å². The van der Waals surface area contributed by atoms with Gasteiger partial charge in [0.05, 0.1) is 13.7 Å². The predicted octanol–water partition coefficient (Wildman–Crippen LogP) is 2.72. The molecule has 0 aliphatic carbocycles. The molecule has 0 aromatic heterocycles. The third kappa shape index (κ3) is 7.34. The fourth-order valence-corrected chi connectivity index (χ4v) is 2.41. The Morgan fingerprint density at radius 3 is 2.10 bits per heavy atom. The minimum atomic E-state index is -1.08. The molecule has 2 rings (SSSR count). The lowest BCUT2D eigenvalue weighted by atomic mass is 10.2. The molecule has 1 N–H and O–H groups in total. The summed E-state index contributed by atoms with van der Waals surface area (Å²) in [4.78, 5) is 36.3. The molecule has 9 nitrogen and oxygen atoms in total. The summed E-state index contributed by atoms with van der Waals surface area (Å²) in [7, 11) is 1.53. The summed E-state index contributed by atoms with van der Waals surface area (Å²) in [5.41, 5.74) is 0.689. The van der Waals surface area contributed by atoms with Crippen LogP contribution in [0.2, 0.25) is 0 Å². The van der Waals surface area contributed by atoms with E-state index >= 15 is 0 Å². The summed E-state index contributed by atoms with van der Waals surface area (Å²) in [6.45, 7) is 1.19. The Morgan fingerprint density at radius 2 is 1.53 bits per heavy atom. The van der Waals surface area contributed by atoms with Crippen LogP contribution >= 0.6 is 0 Å². The Kier molecular flexibility index (Phi) is 8.49. The van der Waals surface area contributed by atoms with E-state index in [1.165, 1.54) is 12.0 Å². The average molecular weight is 417 g/mol. The Balaban J connectivity index is 2.08. The summed E-state index contributed by atoms with van der Waals surface area (Å²) in [6.07, 6.45) is -0.723. The lowest BCUT2D eigenvalue weighted by Crippen LogP contribution is -2.38. The monoisotopic (exact) mass is 417 g/mol. The fourth-order valence-electron chi connectivity index (χ4n) is 2.41. The van der Waals surface area contributed by atoms with E-state index in [1.54, 1.807) is 55.5 Å². The van der Waals surface area contributed by atoms with E-state index in [2.05, 4.69) is 0 Å². The van der Waals surface area contributed by atoms with Gasteiger partial charge in [-0.2, -0.15) is 0 Å². The number of methoxy groups -OCH3 is 1. The molecule has 0 spiro atoms. The van der Waals surface area contributed by atoms with Gasteiger partial charge in [0.25, 0.3) is 0 Å². The van der Waals surface area contributed by atoms with Crippen molar-refractivity contribution in [2.75, 3.05) is 26.9 Å². The average Bonchev–Trinajstić information content (AvgIpc) is 2.73. The van der Waals surface area contributed by atoms with Crippen molar-refractivity contribution < 1.29 is 38.4 Å². The van der Waals surface area contributed by atoms with Crippen LogP contribution in [-0.4, -0.2) is 54.9 Å². The van der Waals surface area contributed by atoms with Crippen LogP contribution in [0.5, 0.6) is 17.2 Å². The topological polar surface area (TPSA) is 112 Å². The van der Waals surface area contributed by atoms with Crippen LogP contribution in [0.1, 0.15) is 12.5 Å². The van der Waals surface area contributed by atoms with Gasteiger partial charge < -0.3 is 24.1 Å². The molecular weight excluding hydrogens is 394 g/mol. The van der Waals surface area contributed by atoms with E-state index in [4.69, 9.17) is 24.1 Å². The number of nitrogens with zero attached hydrogens (tertiary/aromatic N) is 1. The van der Waals surface area contributed by atoms with Crippen LogP contribution in [0.4, 0.5) is 4.79 Å². The van der Waals surface area contributed by atoms with Gasteiger partial charge in [0.15, 0.2) is 6.61 Å². The molecule has 30 heavy (non-hydrogen) atoms. The first-order valence-electron chi connectivity index (χ1n) is 9.11. The standard InChI is InChI=1S/C21H23NO8/c1-3-28-20(25)13-22(21(26)30-18-10-8-16(27-2)9-11-18)12-15-4-6-17(7-5-15)29-14-19(23)24/h4-11H,3,12-14H2,1-2H3,(H,23,24). The molecule has 0 aliphatic heterocycles. The van der Waals surface area contributed by atoms with Crippen LogP contribution in [0.25, 0.3) is 0 Å². The minimum Gasteiger partial charge on any atom is -0.497 e. The first-order chi connectivity index (χ1) is 14.4. The maximum Gasteiger partial charge on any atom is 0.416 e. The van der Waals surface area contributed by atoms with E-state index < -0.39 is 24.6 Å². The number of esters is 1. The first kappa shape index (κ1) is 22.5. The van der Waals surface area contributed by atoms with Gasteiger partial charge in [-0.3, -0.25) is 9.69 Å². The molecule has 1 amide bonds. The number of carboxylic acid groups (broad SMARTS) is 1. The maximum atomic E-state index is 12.6. The highest BCUT2D eigenvalue weighted by Crippen LogP contribution is 2.19. The van der Waals surface area contributed by atoms with E-state index in [-0.39, 0.29) is 19.7 Å². The number of aliphatic carboxylic acids is 1. The van der Waals surface area contributed by atoms with Crippen molar-refractivity contribution in [1.29, 1.82) is 0 Å². The summed E-state index contributed by atoms with van der Waals surface area (Å²) in [5.74, 6) is -0.360. The van der Waals surface area contributed by atoms with Crippen LogP contribution in [-0.2, 0) is 20.9 Å². The Bertz CT molecular complexity index is 848. The Hall–Kier alpha value is -3.75. The third-order valence-electron chi connectivity index (χ3n) is 3.81. The maximum absolute atomic E-state index is 12.6. The van der Waals surface area contributed by atoms with E-state index in [9.17, 15) is 14.4 Å². The predicted molar refractivity (Wildman–Crippen MR) is 106 cm³/mol. The van der Waals surface area contributed by atoms with Crippen molar-refractivity contribution in [2.45, 2.75) is 13.5 Å². The van der Waals surface area contributed by atoms with Crippen LogP contribution in [0.15, 0.2) is 48.5 Å². The normalized spacial score (nSPS) is 10.1. The zero-order valence-corrected chi connectivity index (χ0v) is 16.7. The molecule has 9 heteroatoms. The Morgan fingerprint density at radius 1 is 0.933 bits per heavy atom. The second-order valence-corrected chi connectivity index (χ2v) is 6.03. The smallest absolute Gasteiger partial charge is 0.416 e. The number of amides is 1. The summed E-state index contributed by atoms with van der Waals surface area (Å²) in [6, 6.07) is 12.9. The number of benzene rings is 2. The van der Waals surface area contributed by atoms with Gasteiger partial charge >= 0.3 is 18.0 Å². The van der Waals surface area contributed by atoms with Gasteiger partial charge in [-0.25, -0.2) is 9.59 Å². The zero-order valence-electron chi connectivity index (χ0n) is 16.7. The lowest BCUT2D eigenvalue weighted by molar-refractivity contribution is -0.144. The van der Waals surface area contributed by atoms with Crippen molar-refractivity contribution >= 4 is 18.0 Å². The molecule has 2 aromatic carbocycles. The number of ether oxygens (including phenoxy) is 4. The largest absolute Gasteiger partial charge is 0.497 e. The van der Waals surface area contributed by atoms with Gasteiger partial charge in [0.1, 0.15) is 23.8 Å². The molecule has 160 valence electrons. The van der Waals surface area contributed by atoms with Crippen molar-refractivity contribution in [3.05, 3.63) is 54.1 Å². The molecule has 0 heterocycles. The molecule has 0 aliphatic rings. The minimum absolute atomic E-state index is 0.0764. The van der Waals surface area contributed by atoms with Gasteiger partial charge in [0.2, 0.25) is 0 Å². The summed E-state index contributed by atoms with van der Waals surface area (Å²) >= 11 is 0. The number of rotatable bonds is 10. The molecular formula is C21H23NO8. The SMILES string of the molecule is CCOC(=O)CN(Cc1ccc(OCC(=O)O)cc1)C(=O)Oc1ccc(OC)cc1. The zero-order chi connectivity index (χ0) is 21.9. The number of carbonyl (C=O) groups excluding carboxylic acids is 2. The molecule has 0 unspecified atom stereocenters. The Labute approximate surface area is 173 Å². The number of carbonyl (C=O) groups is 3. The second-order valence-electron chi connectivity index (χ2n) is 6.03. The quantitative estimate of drug-likeness (QED) is 0.588. The molecule has 0 radical (unpaired) electrons. The van der Waals surface area contributed by atoms with Gasteiger partial charge in [-0.1, -0.05) is 12.1 Å².